The van der Waals surface area contributed by atoms with Gasteiger partial charge in [-0.2, -0.15) is 0 Å². The van der Waals surface area contributed by atoms with Crippen LogP contribution in [0.25, 0.3) is 0 Å². The van der Waals surface area contributed by atoms with Crippen molar-refractivity contribution in [1.29, 1.82) is 0 Å². The molecule has 1 aromatic rings. The number of halogens is 3. The number of aromatic nitrogens is 3. The van der Waals surface area contributed by atoms with Crippen molar-refractivity contribution in [2.24, 2.45) is 0 Å². The van der Waals surface area contributed by atoms with E-state index < -0.39 is 6.43 Å². The minimum absolute atomic E-state index is 0.105. The molecule has 1 heterocycles. The summed E-state index contributed by atoms with van der Waals surface area (Å²) in [6, 6.07) is 0. The molecule has 12 heavy (non-hydrogen) atoms. The zero-order valence-electron chi connectivity index (χ0n) is 6.47. The highest BCUT2D eigenvalue weighted by atomic mass is 35.5. The number of hydrogen-bond donors (Lipinski definition) is 0. The Bertz CT molecular complexity index is 261. The van der Waals surface area contributed by atoms with Crippen LogP contribution in [-0.4, -0.2) is 14.8 Å². The van der Waals surface area contributed by atoms with E-state index in [0.29, 0.717) is 12.4 Å². The highest BCUT2D eigenvalue weighted by Crippen LogP contribution is 2.17. The zero-order valence-corrected chi connectivity index (χ0v) is 7.22. The van der Waals surface area contributed by atoms with Crippen molar-refractivity contribution in [3.8, 4) is 0 Å². The van der Waals surface area contributed by atoms with E-state index in [4.69, 9.17) is 11.6 Å². The van der Waals surface area contributed by atoms with Crippen LogP contribution in [0.4, 0.5) is 8.78 Å². The minimum Gasteiger partial charge on any atom is -0.309 e. The number of alkyl halides is 3. The molecule has 0 N–H and O–H groups in total. The van der Waals surface area contributed by atoms with Gasteiger partial charge in [0, 0.05) is 6.54 Å². The first-order chi connectivity index (χ1) is 5.70. The molecule has 0 unspecified atom stereocenters. The van der Waals surface area contributed by atoms with E-state index in [2.05, 4.69) is 10.2 Å². The summed E-state index contributed by atoms with van der Waals surface area (Å²) in [4.78, 5) is 0. The van der Waals surface area contributed by atoms with Crippen molar-refractivity contribution in [3.63, 3.8) is 0 Å². The summed E-state index contributed by atoms with van der Waals surface area (Å²) in [5, 5.41) is 6.86. The third-order valence-electron chi connectivity index (χ3n) is 1.49. The number of nitrogens with zero attached hydrogens (tertiary/aromatic N) is 3. The second kappa shape index (κ2) is 3.80. The van der Waals surface area contributed by atoms with Crippen LogP contribution in [0.15, 0.2) is 0 Å². The van der Waals surface area contributed by atoms with E-state index in [9.17, 15) is 8.78 Å². The standard InChI is InChI=1S/C6H8ClF2N3/c1-2-12-4(3-7)10-11-6(12)5(8)9/h5H,2-3H2,1H3. The van der Waals surface area contributed by atoms with Gasteiger partial charge in [0.05, 0.1) is 5.88 Å². The SMILES string of the molecule is CCn1c(CCl)nnc1C(F)F. The minimum atomic E-state index is -2.59. The lowest BCUT2D eigenvalue weighted by atomic mass is 10.5. The Morgan fingerprint density at radius 3 is 2.58 bits per heavy atom. The zero-order chi connectivity index (χ0) is 9.14. The van der Waals surface area contributed by atoms with Crippen molar-refractivity contribution in [1.82, 2.24) is 14.8 Å². The summed E-state index contributed by atoms with van der Waals surface area (Å²) in [5.74, 6) is 0.177. The summed E-state index contributed by atoms with van der Waals surface area (Å²) in [7, 11) is 0. The summed E-state index contributed by atoms with van der Waals surface area (Å²) >= 11 is 5.46. The van der Waals surface area contributed by atoms with Gasteiger partial charge in [-0.25, -0.2) is 8.78 Å². The monoisotopic (exact) mass is 195 g/mol. The first-order valence-electron chi connectivity index (χ1n) is 3.46. The number of hydrogen-bond acceptors (Lipinski definition) is 2. The van der Waals surface area contributed by atoms with Gasteiger partial charge in [0.15, 0.2) is 5.82 Å². The molecule has 0 aromatic carbocycles. The molecule has 0 saturated carbocycles. The molecule has 0 radical (unpaired) electrons. The molecule has 68 valence electrons. The third-order valence-corrected chi connectivity index (χ3v) is 1.73. The molecular formula is C6H8ClF2N3. The van der Waals surface area contributed by atoms with E-state index in [1.807, 2.05) is 0 Å². The van der Waals surface area contributed by atoms with Crippen LogP contribution in [0.1, 0.15) is 25.0 Å². The lowest BCUT2D eigenvalue weighted by Crippen LogP contribution is -2.05. The Morgan fingerprint density at radius 1 is 1.50 bits per heavy atom. The van der Waals surface area contributed by atoms with Crippen LogP contribution in [0.2, 0.25) is 0 Å². The maximum atomic E-state index is 12.2. The van der Waals surface area contributed by atoms with Gasteiger partial charge in [-0.05, 0) is 6.92 Å². The van der Waals surface area contributed by atoms with Crippen molar-refractivity contribution >= 4 is 11.6 Å². The molecular weight excluding hydrogens is 188 g/mol. The fraction of sp³-hybridized carbons (Fsp3) is 0.667. The molecule has 0 fully saturated rings. The molecule has 0 aliphatic heterocycles. The Hall–Kier alpha value is -0.710. The molecule has 0 aliphatic carbocycles. The smallest absolute Gasteiger partial charge is 0.297 e. The van der Waals surface area contributed by atoms with E-state index >= 15 is 0 Å². The normalized spacial score (nSPS) is 11.1. The summed E-state index contributed by atoms with van der Waals surface area (Å²) in [5.41, 5.74) is 0. The predicted octanol–water partition coefficient (Wildman–Crippen LogP) is 1.97. The molecule has 1 rings (SSSR count). The van der Waals surface area contributed by atoms with Gasteiger partial charge in [-0.15, -0.1) is 21.8 Å². The number of rotatable bonds is 3. The molecule has 0 saturated heterocycles. The highest BCUT2D eigenvalue weighted by molar-refractivity contribution is 6.16. The predicted molar refractivity (Wildman–Crippen MR) is 40.2 cm³/mol. The Balaban J connectivity index is 3.05. The third kappa shape index (κ3) is 1.55. The average Bonchev–Trinajstić information content (AvgIpc) is 2.46. The molecule has 1 aromatic heterocycles. The largest absolute Gasteiger partial charge is 0.309 e. The van der Waals surface area contributed by atoms with E-state index in [1.54, 1.807) is 6.92 Å². The lowest BCUT2D eigenvalue weighted by Gasteiger charge is -2.03. The van der Waals surface area contributed by atoms with Crippen LogP contribution in [0.3, 0.4) is 0 Å². The van der Waals surface area contributed by atoms with Gasteiger partial charge in [0.2, 0.25) is 0 Å². The Kier molecular flexibility index (Phi) is 2.97. The maximum Gasteiger partial charge on any atom is 0.297 e. The van der Waals surface area contributed by atoms with Gasteiger partial charge < -0.3 is 4.57 Å². The van der Waals surface area contributed by atoms with Gasteiger partial charge in [0.25, 0.3) is 6.43 Å². The Labute approximate surface area is 73.4 Å². The van der Waals surface area contributed by atoms with Gasteiger partial charge in [-0.3, -0.25) is 0 Å². The summed E-state index contributed by atoms with van der Waals surface area (Å²) in [6.07, 6.45) is -2.59. The van der Waals surface area contributed by atoms with Crippen LogP contribution in [-0.2, 0) is 12.4 Å². The molecule has 0 atom stereocenters. The first kappa shape index (κ1) is 9.38. The van der Waals surface area contributed by atoms with Crippen molar-refractivity contribution < 1.29 is 8.78 Å². The quantitative estimate of drug-likeness (QED) is 0.691. The second-order valence-corrected chi connectivity index (χ2v) is 2.42. The van der Waals surface area contributed by atoms with Gasteiger partial charge >= 0.3 is 0 Å². The van der Waals surface area contributed by atoms with Crippen LogP contribution in [0, 0.1) is 0 Å². The van der Waals surface area contributed by atoms with Crippen LogP contribution in [0.5, 0.6) is 0 Å². The second-order valence-electron chi connectivity index (χ2n) is 2.15. The van der Waals surface area contributed by atoms with E-state index in [-0.39, 0.29) is 11.7 Å². The molecule has 3 nitrogen and oxygen atoms in total. The van der Waals surface area contributed by atoms with Crippen molar-refractivity contribution in [2.45, 2.75) is 25.8 Å². The molecule has 6 heteroatoms. The molecule has 0 spiro atoms. The Morgan fingerprint density at radius 2 is 2.17 bits per heavy atom. The highest BCUT2D eigenvalue weighted by Gasteiger charge is 2.17. The van der Waals surface area contributed by atoms with Gasteiger partial charge in [-0.1, -0.05) is 0 Å². The maximum absolute atomic E-state index is 12.2. The van der Waals surface area contributed by atoms with E-state index in [1.165, 1.54) is 4.57 Å². The van der Waals surface area contributed by atoms with Crippen LogP contribution < -0.4 is 0 Å². The van der Waals surface area contributed by atoms with Gasteiger partial charge in [0.1, 0.15) is 5.82 Å². The fourth-order valence-electron chi connectivity index (χ4n) is 0.954. The van der Waals surface area contributed by atoms with Crippen molar-refractivity contribution in [3.05, 3.63) is 11.6 Å². The lowest BCUT2D eigenvalue weighted by molar-refractivity contribution is 0.135. The average molecular weight is 196 g/mol. The summed E-state index contributed by atoms with van der Waals surface area (Å²) < 4.78 is 25.7. The first-order valence-corrected chi connectivity index (χ1v) is 4.00. The van der Waals surface area contributed by atoms with E-state index in [0.717, 1.165) is 0 Å². The fourth-order valence-corrected chi connectivity index (χ4v) is 1.15. The molecule has 0 aliphatic rings. The van der Waals surface area contributed by atoms with Crippen LogP contribution >= 0.6 is 11.6 Å². The molecule has 0 bridgehead atoms. The summed E-state index contributed by atoms with van der Waals surface area (Å²) in [6.45, 7) is 2.15. The van der Waals surface area contributed by atoms with Crippen molar-refractivity contribution in [2.75, 3.05) is 0 Å². The topological polar surface area (TPSA) is 30.7 Å². The molecule has 0 amide bonds.